The lowest BCUT2D eigenvalue weighted by molar-refractivity contribution is 0.0500. The van der Waals surface area contributed by atoms with Crippen molar-refractivity contribution in [2.24, 2.45) is 0 Å². The van der Waals surface area contributed by atoms with E-state index in [1.807, 2.05) is 46.1 Å². The first-order chi connectivity index (χ1) is 14.2. The van der Waals surface area contributed by atoms with E-state index in [0.29, 0.717) is 24.8 Å². The molecule has 7 heteroatoms. The van der Waals surface area contributed by atoms with Crippen LogP contribution in [-0.4, -0.2) is 60.0 Å². The van der Waals surface area contributed by atoms with Gasteiger partial charge in [-0.3, -0.25) is 9.48 Å². The van der Waals surface area contributed by atoms with Gasteiger partial charge in [-0.25, -0.2) is 0 Å². The minimum Gasteiger partial charge on any atom is -0.496 e. The number of amides is 1. The molecule has 7 nitrogen and oxygen atoms in total. The van der Waals surface area contributed by atoms with Crippen LogP contribution in [0, 0.1) is 0 Å². The van der Waals surface area contributed by atoms with Crippen LogP contribution in [0.4, 0.5) is 0 Å². The number of carbonyl (C=O) groups is 1. The third kappa shape index (κ3) is 4.79. The standard InChI is InChI=1S/C22H30N4O3/c1-28-21-9-3-2-6-17(21)15-25(16-19-8-5-13-29-19)22(27)20-10-12-26(24-20)18-7-4-11-23-14-18/h2-3,6,9-10,12,18-19,23H,4-5,7-8,11,13-16H2,1H3. The Kier molecular flexibility index (Phi) is 6.46. The number of para-hydroxylation sites is 1. The first-order valence-corrected chi connectivity index (χ1v) is 10.5. The number of hydrogen-bond donors (Lipinski definition) is 1. The van der Waals surface area contributed by atoms with Crippen LogP contribution in [0.25, 0.3) is 0 Å². The Morgan fingerprint density at radius 3 is 2.97 bits per heavy atom. The minimum absolute atomic E-state index is 0.0612. The number of hydrogen-bond acceptors (Lipinski definition) is 5. The third-order valence-electron chi connectivity index (χ3n) is 5.76. The molecule has 2 fully saturated rings. The summed E-state index contributed by atoms with van der Waals surface area (Å²) in [6, 6.07) is 9.98. The SMILES string of the molecule is COc1ccccc1CN(CC1CCCO1)C(=O)c1ccn(C2CCCNC2)n1. The maximum absolute atomic E-state index is 13.4. The van der Waals surface area contributed by atoms with Gasteiger partial charge >= 0.3 is 0 Å². The molecule has 2 aromatic rings. The molecule has 29 heavy (non-hydrogen) atoms. The molecule has 0 saturated carbocycles. The predicted octanol–water partition coefficient (Wildman–Crippen LogP) is 2.64. The Hall–Kier alpha value is -2.38. The quantitative estimate of drug-likeness (QED) is 0.777. The number of methoxy groups -OCH3 is 1. The zero-order valence-electron chi connectivity index (χ0n) is 17.0. The van der Waals surface area contributed by atoms with Crippen molar-refractivity contribution in [1.82, 2.24) is 20.0 Å². The van der Waals surface area contributed by atoms with E-state index >= 15 is 0 Å². The average molecular weight is 399 g/mol. The first kappa shape index (κ1) is 19.9. The molecule has 1 N–H and O–H groups in total. The molecule has 1 aromatic heterocycles. The van der Waals surface area contributed by atoms with Crippen molar-refractivity contribution in [2.75, 3.05) is 33.4 Å². The number of aromatic nitrogens is 2. The number of ether oxygens (including phenoxy) is 2. The summed E-state index contributed by atoms with van der Waals surface area (Å²) in [5.74, 6) is 0.727. The van der Waals surface area contributed by atoms with E-state index in [2.05, 4.69) is 10.4 Å². The van der Waals surface area contributed by atoms with Crippen molar-refractivity contribution in [2.45, 2.75) is 44.4 Å². The number of carbonyl (C=O) groups excluding carboxylic acids is 1. The zero-order valence-corrected chi connectivity index (χ0v) is 17.0. The Labute approximate surface area is 172 Å². The van der Waals surface area contributed by atoms with Crippen LogP contribution in [0.15, 0.2) is 36.5 Å². The lowest BCUT2D eigenvalue weighted by Gasteiger charge is -2.26. The summed E-state index contributed by atoms with van der Waals surface area (Å²) < 4.78 is 13.2. The van der Waals surface area contributed by atoms with Crippen molar-refractivity contribution in [1.29, 1.82) is 0 Å². The van der Waals surface area contributed by atoms with Gasteiger partial charge < -0.3 is 19.7 Å². The van der Waals surface area contributed by atoms with Crippen LogP contribution in [0.2, 0.25) is 0 Å². The summed E-state index contributed by atoms with van der Waals surface area (Å²) in [5, 5.41) is 8.03. The van der Waals surface area contributed by atoms with Crippen molar-refractivity contribution < 1.29 is 14.3 Å². The molecule has 4 rings (SSSR count). The number of piperidine rings is 1. The molecule has 2 unspecified atom stereocenters. The van der Waals surface area contributed by atoms with Gasteiger partial charge in [0.2, 0.25) is 0 Å². The van der Waals surface area contributed by atoms with Crippen LogP contribution in [0.1, 0.15) is 47.8 Å². The van der Waals surface area contributed by atoms with Gasteiger partial charge in [0.1, 0.15) is 11.4 Å². The minimum atomic E-state index is -0.0612. The van der Waals surface area contributed by atoms with Crippen LogP contribution >= 0.6 is 0 Å². The molecular formula is C22H30N4O3. The Morgan fingerprint density at radius 1 is 1.31 bits per heavy atom. The monoisotopic (exact) mass is 398 g/mol. The summed E-state index contributed by atoms with van der Waals surface area (Å²) in [7, 11) is 1.66. The normalized spacial score (nSPS) is 21.8. The molecule has 156 valence electrons. The topological polar surface area (TPSA) is 68.6 Å². The van der Waals surface area contributed by atoms with Crippen molar-refractivity contribution >= 4 is 5.91 Å². The second kappa shape index (κ2) is 9.41. The third-order valence-corrected chi connectivity index (χ3v) is 5.76. The lowest BCUT2D eigenvalue weighted by Crippen LogP contribution is -2.37. The predicted molar refractivity (Wildman–Crippen MR) is 110 cm³/mol. The van der Waals surface area contributed by atoms with E-state index in [1.54, 1.807) is 7.11 Å². The van der Waals surface area contributed by atoms with Gasteiger partial charge in [-0.15, -0.1) is 0 Å². The molecular weight excluding hydrogens is 368 g/mol. The Bertz CT molecular complexity index is 810. The summed E-state index contributed by atoms with van der Waals surface area (Å²) >= 11 is 0. The largest absolute Gasteiger partial charge is 0.496 e. The summed E-state index contributed by atoms with van der Waals surface area (Å²) in [6.07, 6.45) is 6.26. The fraction of sp³-hybridized carbons (Fsp3) is 0.545. The summed E-state index contributed by atoms with van der Waals surface area (Å²) in [5.41, 5.74) is 1.47. The fourth-order valence-corrected chi connectivity index (χ4v) is 4.17. The van der Waals surface area contributed by atoms with Gasteiger partial charge in [0.15, 0.2) is 0 Å². The zero-order chi connectivity index (χ0) is 20.1. The van der Waals surface area contributed by atoms with E-state index in [1.165, 1.54) is 0 Å². The van der Waals surface area contributed by atoms with Gasteiger partial charge in [-0.1, -0.05) is 18.2 Å². The summed E-state index contributed by atoms with van der Waals surface area (Å²) in [4.78, 5) is 15.2. The second-order valence-electron chi connectivity index (χ2n) is 7.81. The van der Waals surface area contributed by atoms with Crippen molar-refractivity contribution in [3.63, 3.8) is 0 Å². The second-order valence-corrected chi connectivity index (χ2v) is 7.81. The van der Waals surface area contributed by atoms with Gasteiger partial charge in [0, 0.05) is 38.0 Å². The van der Waals surface area contributed by atoms with Crippen molar-refractivity contribution in [3.05, 3.63) is 47.8 Å². The molecule has 2 aliphatic rings. The maximum Gasteiger partial charge on any atom is 0.274 e. The highest BCUT2D eigenvalue weighted by Gasteiger charge is 2.26. The number of nitrogens with zero attached hydrogens (tertiary/aromatic N) is 3. The Morgan fingerprint density at radius 2 is 2.21 bits per heavy atom. The molecule has 3 heterocycles. The van der Waals surface area contributed by atoms with Gasteiger partial charge in [-0.2, -0.15) is 5.10 Å². The Balaban J connectivity index is 1.53. The number of benzene rings is 1. The van der Waals surface area contributed by atoms with Gasteiger partial charge in [0.05, 0.1) is 19.3 Å². The summed E-state index contributed by atoms with van der Waals surface area (Å²) in [6.45, 7) is 3.76. The van der Waals surface area contributed by atoms with Crippen molar-refractivity contribution in [3.8, 4) is 5.75 Å². The van der Waals surface area contributed by atoms with Crippen LogP contribution in [-0.2, 0) is 11.3 Å². The van der Waals surface area contributed by atoms with E-state index in [9.17, 15) is 4.79 Å². The van der Waals surface area contributed by atoms with E-state index in [4.69, 9.17) is 9.47 Å². The maximum atomic E-state index is 13.4. The molecule has 2 atom stereocenters. The molecule has 2 saturated heterocycles. The molecule has 0 bridgehead atoms. The lowest BCUT2D eigenvalue weighted by atomic mass is 10.1. The van der Waals surface area contributed by atoms with Crippen LogP contribution in [0.3, 0.4) is 0 Å². The first-order valence-electron chi connectivity index (χ1n) is 10.5. The molecule has 0 aliphatic carbocycles. The molecule has 1 aromatic carbocycles. The van der Waals surface area contributed by atoms with Crippen LogP contribution in [0.5, 0.6) is 5.75 Å². The highest BCUT2D eigenvalue weighted by Crippen LogP contribution is 2.23. The average Bonchev–Trinajstić information content (AvgIpc) is 3.46. The molecule has 0 spiro atoms. The number of nitrogens with one attached hydrogen (secondary N) is 1. The molecule has 2 aliphatic heterocycles. The van der Waals surface area contributed by atoms with Gasteiger partial charge in [-0.05, 0) is 44.4 Å². The van der Waals surface area contributed by atoms with E-state index in [0.717, 1.165) is 56.7 Å². The highest BCUT2D eigenvalue weighted by molar-refractivity contribution is 5.92. The molecule has 1 amide bonds. The highest BCUT2D eigenvalue weighted by atomic mass is 16.5. The van der Waals surface area contributed by atoms with Gasteiger partial charge in [0.25, 0.3) is 5.91 Å². The number of rotatable bonds is 7. The van der Waals surface area contributed by atoms with E-state index < -0.39 is 0 Å². The smallest absolute Gasteiger partial charge is 0.274 e. The fourth-order valence-electron chi connectivity index (χ4n) is 4.17. The van der Waals surface area contributed by atoms with Crippen LogP contribution < -0.4 is 10.1 Å². The van der Waals surface area contributed by atoms with E-state index in [-0.39, 0.29) is 12.0 Å². The molecule has 0 radical (unpaired) electrons.